The molecule has 0 bridgehead atoms. The van der Waals surface area contributed by atoms with Crippen molar-refractivity contribution in [1.82, 2.24) is 10.2 Å². The molecule has 0 aliphatic rings. The van der Waals surface area contributed by atoms with E-state index in [1.165, 1.54) is 0 Å². The van der Waals surface area contributed by atoms with Crippen LogP contribution in [0.25, 0.3) is 11.1 Å². The van der Waals surface area contributed by atoms with Crippen LogP contribution < -0.4 is 5.56 Å². The van der Waals surface area contributed by atoms with Crippen LogP contribution in [0.5, 0.6) is 5.88 Å². The predicted molar refractivity (Wildman–Crippen MR) is 53.5 cm³/mol. The highest BCUT2D eigenvalue weighted by atomic mass is 35.5. The molecule has 2 rings (SSSR count). The Morgan fingerprint density at radius 3 is 2.29 bits per heavy atom. The smallest absolute Gasteiger partial charge is 0.275 e. The molecule has 4 nitrogen and oxygen atoms in total. The second kappa shape index (κ2) is 3.23. The zero-order valence-electron chi connectivity index (χ0n) is 7.04. The highest BCUT2D eigenvalue weighted by Gasteiger charge is 2.10. The van der Waals surface area contributed by atoms with Gasteiger partial charge in [0.05, 0.1) is 0 Å². The number of hydrogen-bond acceptors (Lipinski definition) is 2. The van der Waals surface area contributed by atoms with Crippen molar-refractivity contribution in [3.05, 3.63) is 39.6 Å². The van der Waals surface area contributed by atoms with Gasteiger partial charge in [0.1, 0.15) is 5.56 Å². The van der Waals surface area contributed by atoms with Crippen molar-refractivity contribution in [2.45, 2.75) is 0 Å². The van der Waals surface area contributed by atoms with Gasteiger partial charge in [0, 0.05) is 5.02 Å². The van der Waals surface area contributed by atoms with Crippen LogP contribution in [0.3, 0.4) is 0 Å². The number of hydrogen-bond donors (Lipinski definition) is 3. The van der Waals surface area contributed by atoms with Gasteiger partial charge >= 0.3 is 0 Å². The molecule has 0 saturated carbocycles. The van der Waals surface area contributed by atoms with Gasteiger partial charge in [-0.1, -0.05) is 23.7 Å². The zero-order chi connectivity index (χ0) is 10.1. The molecule has 0 aliphatic carbocycles. The van der Waals surface area contributed by atoms with Crippen LogP contribution >= 0.6 is 11.6 Å². The molecule has 0 atom stereocenters. The highest BCUT2D eigenvalue weighted by molar-refractivity contribution is 6.30. The van der Waals surface area contributed by atoms with Crippen molar-refractivity contribution >= 4 is 11.6 Å². The first kappa shape index (κ1) is 8.90. The molecule has 1 aromatic heterocycles. The molecule has 2 aromatic rings. The monoisotopic (exact) mass is 210 g/mol. The number of aromatic hydroxyl groups is 1. The van der Waals surface area contributed by atoms with E-state index in [1.54, 1.807) is 24.3 Å². The van der Waals surface area contributed by atoms with Crippen molar-refractivity contribution in [3.63, 3.8) is 0 Å². The van der Waals surface area contributed by atoms with Gasteiger partial charge in [-0.3, -0.25) is 15.0 Å². The molecule has 0 amide bonds. The number of rotatable bonds is 1. The Bertz CT molecular complexity index is 498. The van der Waals surface area contributed by atoms with E-state index in [1.807, 2.05) is 0 Å². The average molecular weight is 211 g/mol. The van der Waals surface area contributed by atoms with Crippen molar-refractivity contribution in [1.29, 1.82) is 0 Å². The standard InChI is InChI=1S/C9H7ClN2O2/c10-6-3-1-5(2-4-6)7-8(13)11-12-9(7)14/h1-4H,(H3,11,12,13,14). The number of aromatic nitrogens is 2. The lowest BCUT2D eigenvalue weighted by Gasteiger charge is -1.96. The molecule has 14 heavy (non-hydrogen) atoms. The van der Waals surface area contributed by atoms with E-state index in [-0.39, 0.29) is 17.0 Å². The summed E-state index contributed by atoms with van der Waals surface area (Å²) in [5.74, 6) is -0.169. The third kappa shape index (κ3) is 1.40. The van der Waals surface area contributed by atoms with Gasteiger partial charge in [-0.25, -0.2) is 0 Å². The predicted octanol–water partition coefficient (Wildman–Crippen LogP) is 1.73. The van der Waals surface area contributed by atoms with Crippen LogP contribution in [0.1, 0.15) is 0 Å². The number of halogens is 1. The van der Waals surface area contributed by atoms with Crippen LogP contribution in [0.2, 0.25) is 5.02 Å². The van der Waals surface area contributed by atoms with E-state index < -0.39 is 0 Å². The molecule has 0 aliphatic heterocycles. The molecule has 72 valence electrons. The Hall–Kier alpha value is -1.68. The van der Waals surface area contributed by atoms with Crippen molar-refractivity contribution in [2.75, 3.05) is 0 Å². The largest absolute Gasteiger partial charge is 0.493 e. The van der Waals surface area contributed by atoms with Crippen LogP contribution in [0.4, 0.5) is 0 Å². The van der Waals surface area contributed by atoms with E-state index in [4.69, 9.17) is 11.6 Å². The minimum atomic E-state index is -0.357. The molecule has 0 radical (unpaired) electrons. The van der Waals surface area contributed by atoms with E-state index in [0.717, 1.165) is 0 Å². The summed E-state index contributed by atoms with van der Waals surface area (Å²) in [6.07, 6.45) is 0. The van der Waals surface area contributed by atoms with Crippen molar-refractivity contribution < 1.29 is 5.11 Å². The van der Waals surface area contributed by atoms with E-state index in [9.17, 15) is 9.90 Å². The van der Waals surface area contributed by atoms with Gasteiger partial charge in [-0.2, -0.15) is 0 Å². The topological polar surface area (TPSA) is 68.9 Å². The van der Waals surface area contributed by atoms with Crippen molar-refractivity contribution in [2.24, 2.45) is 0 Å². The van der Waals surface area contributed by atoms with E-state index in [0.29, 0.717) is 10.6 Å². The Kier molecular flexibility index (Phi) is 2.05. The summed E-state index contributed by atoms with van der Waals surface area (Å²) in [5.41, 5.74) is 0.487. The van der Waals surface area contributed by atoms with Gasteiger partial charge in [-0.05, 0) is 17.7 Å². The van der Waals surface area contributed by atoms with E-state index in [2.05, 4.69) is 10.2 Å². The quantitative estimate of drug-likeness (QED) is 0.671. The minimum Gasteiger partial charge on any atom is -0.493 e. The molecular formula is C9H7ClN2O2. The normalized spacial score (nSPS) is 10.4. The Morgan fingerprint density at radius 1 is 1.14 bits per heavy atom. The summed E-state index contributed by atoms with van der Waals surface area (Å²) >= 11 is 5.70. The third-order valence-electron chi connectivity index (χ3n) is 1.89. The third-order valence-corrected chi connectivity index (χ3v) is 2.14. The molecule has 1 heterocycles. The summed E-state index contributed by atoms with van der Waals surface area (Å²) in [4.78, 5) is 11.2. The fraction of sp³-hybridized carbons (Fsp3) is 0. The maximum atomic E-state index is 11.2. The average Bonchev–Trinajstić information content (AvgIpc) is 2.49. The second-order valence-electron chi connectivity index (χ2n) is 2.81. The number of aromatic amines is 2. The van der Waals surface area contributed by atoms with Crippen LogP contribution in [0, 0.1) is 0 Å². The molecule has 3 N–H and O–H groups in total. The minimum absolute atomic E-state index is 0.169. The van der Waals surface area contributed by atoms with E-state index >= 15 is 0 Å². The number of benzene rings is 1. The second-order valence-corrected chi connectivity index (χ2v) is 3.25. The van der Waals surface area contributed by atoms with Gasteiger partial charge in [0.25, 0.3) is 5.56 Å². The molecule has 0 saturated heterocycles. The molecular weight excluding hydrogens is 204 g/mol. The van der Waals surface area contributed by atoms with Crippen LogP contribution in [-0.2, 0) is 0 Å². The summed E-state index contributed by atoms with van der Waals surface area (Å²) in [5, 5.41) is 14.5. The fourth-order valence-corrected chi connectivity index (χ4v) is 1.36. The SMILES string of the molecule is O=c1[nH][nH]c(O)c1-c1ccc(Cl)cc1. The fourth-order valence-electron chi connectivity index (χ4n) is 1.23. The zero-order valence-corrected chi connectivity index (χ0v) is 7.80. The number of H-pyrrole nitrogens is 2. The summed E-state index contributed by atoms with van der Waals surface area (Å²) < 4.78 is 0. The van der Waals surface area contributed by atoms with Gasteiger partial charge < -0.3 is 5.11 Å². The molecule has 0 spiro atoms. The van der Waals surface area contributed by atoms with Gasteiger partial charge in [-0.15, -0.1) is 0 Å². The Morgan fingerprint density at radius 2 is 1.79 bits per heavy atom. The molecule has 0 fully saturated rings. The maximum Gasteiger partial charge on any atom is 0.275 e. The lowest BCUT2D eigenvalue weighted by atomic mass is 10.1. The first-order valence-corrected chi connectivity index (χ1v) is 4.32. The Balaban J connectivity index is 2.60. The molecule has 0 unspecified atom stereocenters. The summed E-state index contributed by atoms with van der Waals surface area (Å²) in [7, 11) is 0. The lowest BCUT2D eigenvalue weighted by molar-refractivity contribution is 0.454. The maximum absolute atomic E-state index is 11.2. The first-order valence-electron chi connectivity index (χ1n) is 3.94. The molecule has 5 heteroatoms. The van der Waals surface area contributed by atoms with Crippen molar-refractivity contribution in [3.8, 4) is 17.0 Å². The van der Waals surface area contributed by atoms with Crippen LogP contribution in [-0.4, -0.2) is 15.3 Å². The van der Waals surface area contributed by atoms with Gasteiger partial charge in [0.2, 0.25) is 5.88 Å². The first-order chi connectivity index (χ1) is 6.68. The van der Waals surface area contributed by atoms with Gasteiger partial charge in [0.15, 0.2) is 0 Å². The highest BCUT2D eigenvalue weighted by Crippen LogP contribution is 2.24. The number of nitrogens with one attached hydrogen (secondary N) is 2. The van der Waals surface area contributed by atoms with Crippen LogP contribution in [0.15, 0.2) is 29.1 Å². The summed E-state index contributed by atoms with van der Waals surface area (Å²) in [6, 6.07) is 6.65. The lowest BCUT2D eigenvalue weighted by Crippen LogP contribution is -2.00. The summed E-state index contributed by atoms with van der Waals surface area (Å²) in [6.45, 7) is 0. The Labute approximate surface area is 84.1 Å². The molecule has 1 aromatic carbocycles.